The summed E-state index contributed by atoms with van der Waals surface area (Å²) in [4.78, 5) is 15.1. The van der Waals surface area contributed by atoms with Crippen molar-refractivity contribution in [2.24, 2.45) is 0 Å². The molecule has 3 nitrogen and oxygen atoms in total. The Labute approximate surface area is 131 Å². The summed E-state index contributed by atoms with van der Waals surface area (Å²) in [5.41, 5.74) is 0.575. The fraction of sp³-hybridized carbons (Fsp3) is 0.267. The molecule has 1 aliphatic heterocycles. The molecule has 21 heavy (non-hydrogen) atoms. The van der Waals surface area contributed by atoms with Gasteiger partial charge in [-0.05, 0) is 17.5 Å². The Morgan fingerprint density at radius 1 is 1.33 bits per heavy atom. The summed E-state index contributed by atoms with van der Waals surface area (Å²) >= 11 is 3.21. The first-order chi connectivity index (χ1) is 10.3. The summed E-state index contributed by atoms with van der Waals surface area (Å²) in [7, 11) is 0. The molecule has 110 valence electrons. The van der Waals surface area contributed by atoms with Crippen LogP contribution in [0, 0.1) is 5.82 Å². The highest BCUT2D eigenvalue weighted by molar-refractivity contribution is 7.99. The summed E-state index contributed by atoms with van der Waals surface area (Å²) < 4.78 is 13.9. The summed E-state index contributed by atoms with van der Waals surface area (Å²) in [6, 6.07) is 10.5. The van der Waals surface area contributed by atoms with Gasteiger partial charge in [0.25, 0.3) is 0 Å². The Morgan fingerprint density at radius 3 is 2.95 bits per heavy atom. The van der Waals surface area contributed by atoms with E-state index in [0.29, 0.717) is 18.7 Å². The molecule has 1 aromatic carbocycles. The fourth-order valence-electron chi connectivity index (χ4n) is 2.29. The molecule has 1 atom stereocenters. The van der Waals surface area contributed by atoms with Crippen molar-refractivity contribution < 1.29 is 9.18 Å². The molecule has 1 saturated heterocycles. The van der Waals surface area contributed by atoms with Gasteiger partial charge < -0.3 is 10.2 Å². The van der Waals surface area contributed by atoms with Gasteiger partial charge in [0.15, 0.2) is 0 Å². The van der Waals surface area contributed by atoms with E-state index < -0.39 is 0 Å². The molecule has 2 heterocycles. The third kappa shape index (κ3) is 3.22. The first-order valence-corrected chi connectivity index (χ1v) is 8.61. The van der Waals surface area contributed by atoms with Crippen LogP contribution in [0.15, 0.2) is 41.8 Å². The number of carbonyl (C=O) groups is 1. The van der Waals surface area contributed by atoms with Crippen LogP contribution in [0.25, 0.3) is 0 Å². The molecule has 6 heteroatoms. The highest BCUT2D eigenvalue weighted by Gasteiger charge is 2.32. The van der Waals surface area contributed by atoms with E-state index in [0.717, 1.165) is 10.6 Å². The lowest BCUT2D eigenvalue weighted by Gasteiger charge is -2.24. The topological polar surface area (TPSA) is 32.3 Å². The molecule has 0 saturated carbocycles. The number of hydrogen-bond donors (Lipinski definition) is 1. The average molecular weight is 322 g/mol. The van der Waals surface area contributed by atoms with Crippen molar-refractivity contribution >= 4 is 29.1 Å². The number of nitrogens with zero attached hydrogens (tertiary/aromatic N) is 1. The van der Waals surface area contributed by atoms with Gasteiger partial charge in [-0.1, -0.05) is 24.3 Å². The van der Waals surface area contributed by atoms with E-state index in [-0.39, 0.29) is 17.2 Å². The summed E-state index contributed by atoms with van der Waals surface area (Å²) in [6.45, 7) is 1.15. The Bertz CT molecular complexity index is 618. The third-order valence-corrected chi connectivity index (χ3v) is 5.44. The maximum atomic E-state index is 13.9. The molecule has 1 aliphatic rings. The predicted molar refractivity (Wildman–Crippen MR) is 84.9 cm³/mol. The number of rotatable bonds is 3. The zero-order chi connectivity index (χ0) is 14.7. The van der Waals surface area contributed by atoms with Crippen LogP contribution in [0.4, 0.5) is 9.18 Å². The van der Waals surface area contributed by atoms with Gasteiger partial charge in [-0.2, -0.15) is 0 Å². The molecule has 0 aliphatic carbocycles. The molecule has 1 unspecified atom stereocenters. The number of thioether (sulfide) groups is 1. The van der Waals surface area contributed by atoms with Crippen molar-refractivity contribution in [1.29, 1.82) is 0 Å². The largest absolute Gasteiger partial charge is 0.333 e. The number of thiophene rings is 1. The van der Waals surface area contributed by atoms with Crippen LogP contribution in [-0.4, -0.2) is 23.2 Å². The van der Waals surface area contributed by atoms with Gasteiger partial charge in [0.2, 0.25) is 0 Å². The zero-order valence-electron chi connectivity index (χ0n) is 11.3. The van der Waals surface area contributed by atoms with Gasteiger partial charge in [0.05, 0.1) is 6.54 Å². The summed E-state index contributed by atoms with van der Waals surface area (Å²) in [5.74, 6) is 0.568. The van der Waals surface area contributed by atoms with Crippen molar-refractivity contribution in [2.75, 3.05) is 12.3 Å². The highest BCUT2D eigenvalue weighted by Crippen LogP contribution is 2.38. The van der Waals surface area contributed by atoms with Crippen molar-refractivity contribution in [3.63, 3.8) is 0 Å². The van der Waals surface area contributed by atoms with Crippen molar-refractivity contribution in [3.8, 4) is 0 Å². The van der Waals surface area contributed by atoms with E-state index in [2.05, 4.69) is 5.32 Å². The number of nitrogens with one attached hydrogen (secondary N) is 1. The zero-order valence-corrected chi connectivity index (χ0v) is 12.9. The molecule has 0 spiro atoms. The van der Waals surface area contributed by atoms with Gasteiger partial charge in [-0.25, -0.2) is 9.18 Å². The number of urea groups is 1. The Kier molecular flexibility index (Phi) is 4.45. The minimum Gasteiger partial charge on any atom is -0.333 e. The molecule has 1 N–H and O–H groups in total. The molecule has 1 aromatic heterocycles. The van der Waals surface area contributed by atoms with E-state index >= 15 is 0 Å². The van der Waals surface area contributed by atoms with Crippen LogP contribution < -0.4 is 5.32 Å². The minimum atomic E-state index is -0.257. The van der Waals surface area contributed by atoms with E-state index in [9.17, 15) is 9.18 Å². The second kappa shape index (κ2) is 6.49. The van der Waals surface area contributed by atoms with Crippen LogP contribution in [-0.2, 0) is 6.54 Å². The van der Waals surface area contributed by atoms with Gasteiger partial charge >= 0.3 is 6.03 Å². The highest BCUT2D eigenvalue weighted by atomic mass is 32.2. The summed E-state index contributed by atoms with van der Waals surface area (Å²) in [5, 5.41) is 4.65. The first-order valence-electron chi connectivity index (χ1n) is 6.68. The van der Waals surface area contributed by atoms with E-state index in [1.54, 1.807) is 46.2 Å². The Balaban J connectivity index is 1.69. The number of benzene rings is 1. The molecular formula is C15H15FN2OS2. The predicted octanol–water partition coefficient (Wildman–Crippen LogP) is 3.84. The molecule has 2 aromatic rings. The van der Waals surface area contributed by atoms with Crippen LogP contribution in [0.3, 0.4) is 0 Å². The lowest BCUT2D eigenvalue weighted by molar-refractivity contribution is 0.199. The van der Waals surface area contributed by atoms with Crippen LogP contribution in [0.5, 0.6) is 0 Å². The fourth-order valence-corrected chi connectivity index (χ4v) is 4.21. The van der Waals surface area contributed by atoms with Crippen LogP contribution in [0.2, 0.25) is 0 Å². The standard InChI is InChI=1S/C15H15FN2OS2/c16-13-6-2-1-5-12(13)14-18(7-9-21-14)15(19)17-10-11-4-3-8-20-11/h1-6,8,14H,7,9-10H2,(H,17,19). The number of carbonyl (C=O) groups excluding carboxylic acids is 1. The van der Waals surface area contributed by atoms with Gasteiger partial charge in [-0.3, -0.25) is 0 Å². The number of hydrogen-bond acceptors (Lipinski definition) is 3. The van der Waals surface area contributed by atoms with Gasteiger partial charge in [-0.15, -0.1) is 23.1 Å². The van der Waals surface area contributed by atoms with Crippen molar-refractivity contribution in [2.45, 2.75) is 11.9 Å². The maximum Gasteiger partial charge on any atom is 0.318 e. The Morgan fingerprint density at radius 2 is 2.19 bits per heavy atom. The smallest absolute Gasteiger partial charge is 0.318 e. The van der Waals surface area contributed by atoms with E-state index in [1.165, 1.54) is 6.07 Å². The molecule has 2 amide bonds. The second-order valence-electron chi connectivity index (χ2n) is 4.68. The summed E-state index contributed by atoms with van der Waals surface area (Å²) in [6.07, 6.45) is 0. The SMILES string of the molecule is O=C(NCc1cccs1)N1CCSC1c1ccccc1F. The second-order valence-corrected chi connectivity index (χ2v) is 6.90. The monoisotopic (exact) mass is 322 g/mol. The average Bonchev–Trinajstić information content (AvgIpc) is 3.16. The number of amides is 2. The van der Waals surface area contributed by atoms with Crippen molar-refractivity contribution in [3.05, 3.63) is 58.0 Å². The Hall–Kier alpha value is -1.53. The lowest BCUT2D eigenvalue weighted by Crippen LogP contribution is -2.39. The third-order valence-electron chi connectivity index (χ3n) is 3.32. The molecule has 0 bridgehead atoms. The van der Waals surface area contributed by atoms with Crippen molar-refractivity contribution in [1.82, 2.24) is 10.2 Å². The van der Waals surface area contributed by atoms with Gasteiger partial charge in [0.1, 0.15) is 11.2 Å². The molecule has 3 rings (SSSR count). The molecule has 0 radical (unpaired) electrons. The quantitative estimate of drug-likeness (QED) is 0.931. The van der Waals surface area contributed by atoms with Gasteiger partial charge in [0, 0.05) is 22.7 Å². The van der Waals surface area contributed by atoms with Crippen LogP contribution in [0.1, 0.15) is 15.8 Å². The lowest BCUT2D eigenvalue weighted by atomic mass is 10.2. The normalized spacial score (nSPS) is 18.0. The minimum absolute atomic E-state index is 0.137. The van der Waals surface area contributed by atoms with E-state index in [1.807, 2.05) is 17.5 Å². The maximum absolute atomic E-state index is 13.9. The van der Waals surface area contributed by atoms with E-state index in [4.69, 9.17) is 0 Å². The van der Waals surface area contributed by atoms with Crippen LogP contribution >= 0.6 is 23.1 Å². The number of halogens is 1. The first kappa shape index (κ1) is 14.4. The molecule has 1 fully saturated rings. The molecular weight excluding hydrogens is 307 g/mol.